The fraction of sp³-hybridized carbons (Fsp3) is 0.600. The van der Waals surface area contributed by atoms with E-state index in [2.05, 4.69) is 23.0 Å². The third-order valence-electron chi connectivity index (χ3n) is 3.96. The predicted octanol–water partition coefficient (Wildman–Crippen LogP) is 3.42. The minimum absolute atomic E-state index is 0.536. The molecule has 0 spiro atoms. The lowest BCUT2D eigenvalue weighted by molar-refractivity contribution is 0.549. The lowest BCUT2D eigenvalue weighted by Crippen LogP contribution is -2.32. The highest BCUT2D eigenvalue weighted by Gasteiger charge is 2.20. The van der Waals surface area contributed by atoms with Gasteiger partial charge in [0.2, 0.25) is 0 Å². The van der Waals surface area contributed by atoms with E-state index in [1.54, 1.807) is 6.20 Å². The van der Waals surface area contributed by atoms with Crippen LogP contribution in [0.15, 0.2) is 12.3 Å². The summed E-state index contributed by atoms with van der Waals surface area (Å²) in [5, 5.41) is 9.29. The zero-order valence-corrected chi connectivity index (χ0v) is 11.3. The second-order valence-corrected chi connectivity index (χ2v) is 5.19. The topological polar surface area (TPSA) is 39.9 Å². The van der Waals surface area contributed by atoms with E-state index in [0.29, 0.717) is 6.04 Å². The third-order valence-corrected chi connectivity index (χ3v) is 3.96. The van der Waals surface area contributed by atoms with Crippen molar-refractivity contribution in [2.75, 3.05) is 11.9 Å². The van der Waals surface area contributed by atoms with Crippen LogP contribution in [-0.4, -0.2) is 18.1 Å². The number of aromatic nitrogens is 1. The fourth-order valence-corrected chi connectivity index (χ4v) is 2.77. The van der Waals surface area contributed by atoms with Gasteiger partial charge in [0.1, 0.15) is 11.9 Å². The van der Waals surface area contributed by atoms with Gasteiger partial charge in [0, 0.05) is 19.3 Å². The van der Waals surface area contributed by atoms with Gasteiger partial charge in [0.05, 0.1) is 5.56 Å². The highest BCUT2D eigenvalue weighted by Crippen LogP contribution is 2.27. The fourth-order valence-electron chi connectivity index (χ4n) is 2.77. The van der Waals surface area contributed by atoms with Crippen molar-refractivity contribution in [2.24, 2.45) is 0 Å². The van der Waals surface area contributed by atoms with Crippen LogP contribution in [0.5, 0.6) is 0 Å². The van der Waals surface area contributed by atoms with Crippen LogP contribution >= 0.6 is 0 Å². The number of hydrogen-bond donors (Lipinski definition) is 0. The Morgan fingerprint density at radius 2 is 1.94 bits per heavy atom. The summed E-state index contributed by atoms with van der Waals surface area (Å²) in [6.45, 7) is 1.98. The predicted molar refractivity (Wildman–Crippen MR) is 73.6 cm³/mol. The van der Waals surface area contributed by atoms with Gasteiger partial charge in [-0.15, -0.1) is 0 Å². The molecular weight excluding hydrogens is 222 g/mol. The second kappa shape index (κ2) is 5.86. The van der Waals surface area contributed by atoms with Crippen LogP contribution in [0, 0.1) is 18.3 Å². The number of nitriles is 1. The molecule has 0 saturated heterocycles. The monoisotopic (exact) mass is 243 g/mol. The molecule has 0 radical (unpaired) electrons. The van der Waals surface area contributed by atoms with Crippen LogP contribution in [0.3, 0.4) is 0 Å². The van der Waals surface area contributed by atoms with Crippen molar-refractivity contribution in [3.63, 3.8) is 0 Å². The van der Waals surface area contributed by atoms with Crippen LogP contribution in [0.25, 0.3) is 0 Å². The second-order valence-electron chi connectivity index (χ2n) is 5.19. The smallest absolute Gasteiger partial charge is 0.146 e. The minimum Gasteiger partial charge on any atom is -0.356 e. The first-order valence-electron chi connectivity index (χ1n) is 6.82. The summed E-state index contributed by atoms with van der Waals surface area (Å²) in [4.78, 5) is 6.64. The molecule has 1 heterocycles. The minimum atomic E-state index is 0.536. The first-order chi connectivity index (χ1) is 8.74. The maximum atomic E-state index is 9.29. The van der Waals surface area contributed by atoms with Gasteiger partial charge in [-0.1, -0.05) is 25.7 Å². The summed E-state index contributed by atoms with van der Waals surface area (Å²) < 4.78 is 0. The quantitative estimate of drug-likeness (QED) is 0.747. The lowest BCUT2D eigenvalue weighted by Gasteiger charge is -2.29. The molecule has 0 aromatic carbocycles. The zero-order valence-electron chi connectivity index (χ0n) is 11.3. The molecule has 3 heteroatoms. The van der Waals surface area contributed by atoms with Crippen molar-refractivity contribution in [3.8, 4) is 6.07 Å². The first-order valence-corrected chi connectivity index (χ1v) is 6.82. The van der Waals surface area contributed by atoms with E-state index < -0.39 is 0 Å². The molecule has 0 N–H and O–H groups in total. The highest BCUT2D eigenvalue weighted by molar-refractivity contribution is 5.57. The average molecular weight is 243 g/mol. The first kappa shape index (κ1) is 12.9. The average Bonchev–Trinajstić information content (AvgIpc) is 2.66. The summed E-state index contributed by atoms with van der Waals surface area (Å²) in [5.41, 5.74) is 1.74. The molecule has 0 amide bonds. The molecule has 1 aromatic rings. The molecule has 1 aliphatic rings. The highest BCUT2D eigenvalue weighted by atomic mass is 15.2. The van der Waals surface area contributed by atoms with Crippen molar-refractivity contribution >= 4 is 5.82 Å². The summed E-state index contributed by atoms with van der Waals surface area (Å²) in [6.07, 6.45) is 9.52. The van der Waals surface area contributed by atoms with Crippen molar-refractivity contribution in [1.29, 1.82) is 5.26 Å². The Morgan fingerprint density at radius 3 is 2.56 bits per heavy atom. The van der Waals surface area contributed by atoms with Crippen LogP contribution in [0.4, 0.5) is 5.82 Å². The molecule has 0 unspecified atom stereocenters. The van der Waals surface area contributed by atoms with E-state index in [4.69, 9.17) is 0 Å². The van der Waals surface area contributed by atoms with Gasteiger partial charge in [0.25, 0.3) is 0 Å². The van der Waals surface area contributed by atoms with Crippen molar-refractivity contribution in [2.45, 2.75) is 51.5 Å². The van der Waals surface area contributed by atoms with Gasteiger partial charge < -0.3 is 4.90 Å². The van der Waals surface area contributed by atoms with E-state index in [1.165, 1.54) is 38.5 Å². The van der Waals surface area contributed by atoms with Crippen molar-refractivity contribution in [3.05, 3.63) is 23.4 Å². The Hall–Kier alpha value is -1.56. The molecular formula is C15H21N3. The molecule has 1 saturated carbocycles. The number of rotatable bonds is 2. The maximum absolute atomic E-state index is 9.29. The summed E-state index contributed by atoms with van der Waals surface area (Å²) in [5.74, 6) is 0.851. The van der Waals surface area contributed by atoms with Crippen molar-refractivity contribution < 1.29 is 0 Å². The molecule has 1 fully saturated rings. The van der Waals surface area contributed by atoms with Crippen LogP contribution in [-0.2, 0) is 0 Å². The summed E-state index contributed by atoms with van der Waals surface area (Å²) in [7, 11) is 2.08. The molecule has 0 bridgehead atoms. The Labute approximate surface area is 109 Å². The summed E-state index contributed by atoms with van der Waals surface area (Å²) in [6, 6.07) is 4.74. The standard InChI is InChI=1S/C15H21N3/c1-12-9-10-17-15(14(12)11-16)18(2)13-7-5-3-4-6-8-13/h9-10,13H,3-8H2,1-2H3. The Kier molecular flexibility index (Phi) is 4.19. The molecule has 0 aliphatic heterocycles. The lowest BCUT2D eigenvalue weighted by atomic mass is 10.1. The van der Waals surface area contributed by atoms with Gasteiger partial charge in [-0.2, -0.15) is 5.26 Å². The van der Waals surface area contributed by atoms with E-state index in [1.807, 2.05) is 13.0 Å². The number of pyridine rings is 1. The Balaban J connectivity index is 2.25. The molecule has 0 atom stereocenters. The number of anilines is 1. The Bertz CT molecular complexity index is 440. The largest absolute Gasteiger partial charge is 0.356 e. The van der Waals surface area contributed by atoms with Gasteiger partial charge in [0.15, 0.2) is 0 Å². The van der Waals surface area contributed by atoms with E-state index in [0.717, 1.165) is 16.9 Å². The molecule has 1 aliphatic carbocycles. The molecule has 96 valence electrons. The van der Waals surface area contributed by atoms with Crippen molar-refractivity contribution in [1.82, 2.24) is 4.98 Å². The van der Waals surface area contributed by atoms with Gasteiger partial charge in [-0.25, -0.2) is 4.98 Å². The maximum Gasteiger partial charge on any atom is 0.146 e. The van der Waals surface area contributed by atoms with Crippen LogP contribution < -0.4 is 4.90 Å². The summed E-state index contributed by atoms with van der Waals surface area (Å²) >= 11 is 0. The molecule has 3 nitrogen and oxygen atoms in total. The van der Waals surface area contributed by atoms with Gasteiger partial charge in [-0.3, -0.25) is 0 Å². The van der Waals surface area contributed by atoms with E-state index >= 15 is 0 Å². The number of aryl methyl sites for hydroxylation is 1. The van der Waals surface area contributed by atoms with Crippen LogP contribution in [0.2, 0.25) is 0 Å². The third kappa shape index (κ3) is 2.64. The normalized spacial score (nSPS) is 16.9. The molecule has 2 rings (SSSR count). The van der Waals surface area contributed by atoms with E-state index in [-0.39, 0.29) is 0 Å². The zero-order chi connectivity index (χ0) is 13.0. The van der Waals surface area contributed by atoms with Crippen LogP contribution in [0.1, 0.15) is 49.7 Å². The van der Waals surface area contributed by atoms with E-state index in [9.17, 15) is 5.26 Å². The SMILES string of the molecule is Cc1ccnc(N(C)C2CCCCCC2)c1C#N. The van der Waals surface area contributed by atoms with Gasteiger partial charge >= 0.3 is 0 Å². The molecule has 1 aromatic heterocycles. The number of hydrogen-bond acceptors (Lipinski definition) is 3. The molecule has 18 heavy (non-hydrogen) atoms. The van der Waals surface area contributed by atoms with Gasteiger partial charge in [-0.05, 0) is 31.4 Å². The Morgan fingerprint density at radius 1 is 1.28 bits per heavy atom. The number of nitrogens with zero attached hydrogens (tertiary/aromatic N) is 3.